The van der Waals surface area contributed by atoms with E-state index in [1.165, 1.54) is 16.7 Å². The van der Waals surface area contributed by atoms with Crippen molar-refractivity contribution in [1.29, 1.82) is 0 Å². The maximum Gasteiger partial charge on any atom is 0.0406 e. The summed E-state index contributed by atoms with van der Waals surface area (Å²) < 4.78 is 0. The molecule has 1 aliphatic rings. The summed E-state index contributed by atoms with van der Waals surface area (Å²) in [5.41, 5.74) is 3.74. The molecule has 2 rings (SSSR count). The molecule has 0 aliphatic heterocycles. The molecule has 0 amide bonds. The second-order valence-corrected chi connectivity index (χ2v) is 4.09. The smallest absolute Gasteiger partial charge is 0.0406 e. The first-order valence-corrected chi connectivity index (χ1v) is 5.64. The fourth-order valence-corrected chi connectivity index (χ4v) is 1.90. The van der Waals surface area contributed by atoms with E-state index in [4.69, 9.17) is 11.6 Å². The zero-order valence-corrected chi connectivity index (χ0v) is 9.74. The van der Waals surface area contributed by atoms with Crippen LogP contribution in [-0.2, 0) is 0 Å². The molecule has 16 heavy (non-hydrogen) atoms. The molecular weight excluding hydrogens is 216 g/mol. The Labute approximate surface area is 101 Å². The van der Waals surface area contributed by atoms with Crippen LogP contribution >= 0.6 is 11.6 Å². The fourth-order valence-electron chi connectivity index (χ4n) is 1.77. The van der Waals surface area contributed by atoms with Crippen molar-refractivity contribution in [3.63, 3.8) is 0 Å². The molecule has 0 bridgehead atoms. The van der Waals surface area contributed by atoms with Gasteiger partial charge in [-0.15, -0.1) is 6.58 Å². The van der Waals surface area contributed by atoms with Crippen LogP contribution in [0.15, 0.2) is 66.8 Å². The number of hydrogen-bond acceptors (Lipinski definition) is 0. The van der Waals surface area contributed by atoms with E-state index >= 15 is 0 Å². The zero-order valence-electron chi connectivity index (χ0n) is 8.99. The van der Waals surface area contributed by atoms with Crippen molar-refractivity contribution in [2.75, 3.05) is 0 Å². The summed E-state index contributed by atoms with van der Waals surface area (Å²) in [7, 11) is 0. The first-order chi connectivity index (χ1) is 7.81. The van der Waals surface area contributed by atoms with Gasteiger partial charge in [0.25, 0.3) is 0 Å². The van der Waals surface area contributed by atoms with E-state index in [1.807, 2.05) is 42.5 Å². The highest BCUT2D eigenvalue weighted by atomic mass is 35.5. The first-order valence-electron chi connectivity index (χ1n) is 5.26. The van der Waals surface area contributed by atoms with E-state index in [2.05, 4.69) is 18.7 Å². The standard InChI is InChI=1S/C15H13Cl/c1-2-5-15(12-6-3-4-7-12)13-8-10-14(16)11-9-13/h2-4,6-11H,1,5H2. The summed E-state index contributed by atoms with van der Waals surface area (Å²) in [6.07, 6.45) is 11.1. The molecule has 0 aromatic heterocycles. The van der Waals surface area contributed by atoms with Gasteiger partial charge in [0.15, 0.2) is 0 Å². The Balaban J connectivity index is 2.44. The molecule has 1 heteroatoms. The van der Waals surface area contributed by atoms with Crippen LogP contribution in [0.1, 0.15) is 12.0 Å². The van der Waals surface area contributed by atoms with Gasteiger partial charge in [-0.05, 0) is 35.3 Å². The van der Waals surface area contributed by atoms with Crippen molar-refractivity contribution >= 4 is 17.2 Å². The van der Waals surface area contributed by atoms with Crippen LogP contribution in [0, 0.1) is 0 Å². The number of rotatable bonds is 3. The van der Waals surface area contributed by atoms with Crippen molar-refractivity contribution in [1.82, 2.24) is 0 Å². The van der Waals surface area contributed by atoms with Crippen molar-refractivity contribution in [2.24, 2.45) is 0 Å². The van der Waals surface area contributed by atoms with E-state index in [-0.39, 0.29) is 0 Å². The van der Waals surface area contributed by atoms with E-state index < -0.39 is 0 Å². The number of halogens is 1. The van der Waals surface area contributed by atoms with Crippen LogP contribution in [0.4, 0.5) is 0 Å². The Kier molecular flexibility index (Phi) is 3.43. The molecule has 80 valence electrons. The van der Waals surface area contributed by atoms with E-state index in [0.29, 0.717) is 0 Å². The number of benzene rings is 1. The summed E-state index contributed by atoms with van der Waals surface area (Å²) in [6, 6.07) is 7.94. The molecule has 0 unspecified atom stereocenters. The third-order valence-corrected chi connectivity index (χ3v) is 2.80. The van der Waals surface area contributed by atoms with Crippen molar-refractivity contribution in [2.45, 2.75) is 6.42 Å². The van der Waals surface area contributed by atoms with Gasteiger partial charge in [-0.3, -0.25) is 0 Å². The molecule has 0 saturated carbocycles. The van der Waals surface area contributed by atoms with Gasteiger partial charge < -0.3 is 0 Å². The van der Waals surface area contributed by atoms with Gasteiger partial charge in [-0.2, -0.15) is 0 Å². The largest absolute Gasteiger partial charge is 0.103 e. The van der Waals surface area contributed by atoms with Gasteiger partial charge in [0.1, 0.15) is 0 Å². The second-order valence-electron chi connectivity index (χ2n) is 3.65. The van der Waals surface area contributed by atoms with E-state index in [0.717, 1.165) is 11.4 Å². The molecule has 0 fully saturated rings. The lowest BCUT2D eigenvalue weighted by molar-refractivity contribution is 1.38. The van der Waals surface area contributed by atoms with Crippen LogP contribution < -0.4 is 0 Å². The molecule has 1 aliphatic carbocycles. The Hall–Kier alpha value is -1.53. The molecular formula is C15H13Cl. The molecule has 0 atom stereocenters. The first kappa shape index (κ1) is 11.0. The summed E-state index contributed by atoms with van der Waals surface area (Å²) in [5.74, 6) is 0. The van der Waals surface area contributed by atoms with Gasteiger partial charge in [-0.1, -0.05) is 54.1 Å². The quantitative estimate of drug-likeness (QED) is 0.653. The predicted molar refractivity (Wildman–Crippen MR) is 71.5 cm³/mol. The average molecular weight is 229 g/mol. The van der Waals surface area contributed by atoms with Crippen molar-refractivity contribution in [3.05, 3.63) is 77.4 Å². The minimum Gasteiger partial charge on any atom is -0.103 e. The maximum atomic E-state index is 5.89. The Morgan fingerprint density at radius 2 is 1.75 bits per heavy atom. The number of allylic oxidation sites excluding steroid dienone is 7. The third kappa shape index (κ3) is 2.34. The van der Waals surface area contributed by atoms with Crippen LogP contribution in [0.25, 0.3) is 5.57 Å². The van der Waals surface area contributed by atoms with E-state index in [1.54, 1.807) is 0 Å². The molecule has 0 heterocycles. The molecule has 1 aromatic carbocycles. The lowest BCUT2D eigenvalue weighted by Crippen LogP contribution is -1.86. The van der Waals surface area contributed by atoms with Gasteiger partial charge in [0.05, 0.1) is 0 Å². The summed E-state index contributed by atoms with van der Waals surface area (Å²) in [5, 5.41) is 0.768. The highest BCUT2D eigenvalue weighted by Gasteiger charge is 2.05. The third-order valence-electron chi connectivity index (χ3n) is 2.55. The summed E-state index contributed by atoms with van der Waals surface area (Å²) in [4.78, 5) is 0. The Bertz CT molecular complexity index is 459. The van der Waals surface area contributed by atoms with Crippen LogP contribution in [-0.4, -0.2) is 0 Å². The monoisotopic (exact) mass is 228 g/mol. The van der Waals surface area contributed by atoms with Crippen LogP contribution in [0.2, 0.25) is 5.02 Å². The molecule has 0 N–H and O–H groups in total. The Morgan fingerprint density at radius 1 is 1.12 bits per heavy atom. The minimum atomic E-state index is 0.768. The van der Waals surface area contributed by atoms with Gasteiger partial charge in [0, 0.05) is 5.02 Å². The normalized spacial score (nSPS) is 13.2. The average Bonchev–Trinajstić information content (AvgIpc) is 2.81. The maximum absolute atomic E-state index is 5.89. The number of hydrogen-bond donors (Lipinski definition) is 0. The van der Waals surface area contributed by atoms with Gasteiger partial charge in [0.2, 0.25) is 0 Å². The predicted octanol–water partition coefficient (Wildman–Crippen LogP) is 4.80. The topological polar surface area (TPSA) is 0 Å². The lowest BCUT2D eigenvalue weighted by Gasteiger charge is -2.08. The van der Waals surface area contributed by atoms with Crippen molar-refractivity contribution in [3.8, 4) is 0 Å². The highest BCUT2D eigenvalue weighted by Crippen LogP contribution is 2.27. The second kappa shape index (κ2) is 5.00. The highest BCUT2D eigenvalue weighted by molar-refractivity contribution is 6.30. The van der Waals surface area contributed by atoms with Gasteiger partial charge >= 0.3 is 0 Å². The minimum absolute atomic E-state index is 0.768. The Morgan fingerprint density at radius 3 is 2.31 bits per heavy atom. The zero-order chi connectivity index (χ0) is 11.4. The summed E-state index contributed by atoms with van der Waals surface area (Å²) in [6.45, 7) is 3.81. The summed E-state index contributed by atoms with van der Waals surface area (Å²) >= 11 is 5.89. The molecule has 0 spiro atoms. The van der Waals surface area contributed by atoms with Crippen LogP contribution in [0.3, 0.4) is 0 Å². The van der Waals surface area contributed by atoms with E-state index in [9.17, 15) is 0 Å². The molecule has 0 saturated heterocycles. The molecule has 0 nitrogen and oxygen atoms in total. The van der Waals surface area contributed by atoms with Crippen LogP contribution in [0.5, 0.6) is 0 Å². The fraction of sp³-hybridized carbons (Fsp3) is 0.0667. The lowest BCUT2D eigenvalue weighted by atomic mass is 9.97. The SMILES string of the molecule is C=CCC(=C1C=CC=C1)c1ccc(Cl)cc1. The molecule has 0 radical (unpaired) electrons. The molecule has 1 aromatic rings. The van der Waals surface area contributed by atoms with Gasteiger partial charge in [-0.25, -0.2) is 0 Å². The van der Waals surface area contributed by atoms with Crippen molar-refractivity contribution < 1.29 is 0 Å².